The van der Waals surface area contributed by atoms with Gasteiger partial charge >= 0.3 is 0 Å². The Kier molecular flexibility index (Phi) is 3.54. The first-order chi connectivity index (χ1) is 6.54. The van der Waals surface area contributed by atoms with Crippen LogP contribution in [-0.4, -0.2) is 29.7 Å². The molecule has 0 bridgehead atoms. The highest BCUT2D eigenvalue weighted by atomic mass is 16.8. The third-order valence-electron chi connectivity index (χ3n) is 2.44. The van der Waals surface area contributed by atoms with Crippen molar-refractivity contribution in [2.45, 2.75) is 44.5 Å². The molecule has 0 aromatic carbocycles. The van der Waals surface area contributed by atoms with Crippen molar-refractivity contribution in [1.82, 2.24) is 0 Å². The van der Waals surface area contributed by atoms with E-state index in [4.69, 9.17) is 21.0 Å². The van der Waals surface area contributed by atoms with Gasteiger partial charge in [-0.1, -0.05) is 0 Å². The maximum absolute atomic E-state index is 8.97. The molecule has 1 saturated heterocycles. The number of aliphatic hydroxyl groups is 1. The number of ether oxygens (including phenoxy) is 2. The molecule has 1 atom stereocenters. The Balaban J connectivity index is 2.61. The van der Waals surface area contributed by atoms with Crippen molar-refractivity contribution in [2.24, 2.45) is 0 Å². The maximum Gasteiger partial charge on any atom is 0.163 e. The minimum atomic E-state index is -0.552. The molecule has 80 valence electrons. The van der Waals surface area contributed by atoms with Gasteiger partial charge in [-0.3, -0.25) is 0 Å². The van der Waals surface area contributed by atoms with E-state index in [-0.39, 0.29) is 12.2 Å². The molecule has 14 heavy (non-hydrogen) atoms. The summed E-state index contributed by atoms with van der Waals surface area (Å²) in [6.07, 6.45) is 7.20. The zero-order valence-corrected chi connectivity index (χ0v) is 8.88. The number of terminal acetylenes is 1. The molecule has 0 spiro atoms. The SMILES string of the molecule is C#CCCC1(CCO)COC(C)(C)O1. The van der Waals surface area contributed by atoms with Crippen LogP contribution in [0.25, 0.3) is 0 Å². The van der Waals surface area contributed by atoms with Crippen molar-refractivity contribution in [1.29, 1.82) is 0 Å². The molecule has 0 radical (unpaired) electrons. The van der Waals surface area contributed by atoms with Gasteiger partial charge in [0.15, 0.2) is 5.79 Å². The van der Waals surface area contributed by atoms with Crippen LogP contribution in [0, 0.1) is 12.3 Å². The minimum Gasteiger partial charge on any atom is -0.396 e. The summed E-state index contributed by atoms with van der Waals surface area (Å²) in [6, 6.07) is 0. The third-order valence-corrected chi connectivity index (χ3v) is 2.44. The first kappa shape index (κ1) is 11.5. The molecule has 1 aliphatic heterocycles. The van der Waals surface area contributed by atoms with E-state index < -0.39 is 5.79 Å². The van der Waals surface area contributed by atoms with Gasteiger partial charge in [0, 0.05) is 19.4 Å². The molecule has 1 N–H and O–H groups in total. The van der Waals surface area contributed by atoms with Gasteiger partial charge < -0.3 is 14.6 Å². The van der Waals surface area contributed by atoms with Crippen LogP contribution in [0.15, 0.2) is 0 Å². The molecular formula is C11H18O3. The lowest BCUT2D eigenvalue weighted by atomic mass is 9.95. The summed E-state index contributed by atoms with van der Waals surface area (Å²) < 4.78 is 11.3. The van der Waals surface area contributed by atoms with Crippen LogP contribution in [0.4, 0.5) is 0 Å². The monoisotopic (exact) mass is 198 g/mol. The van der Waals surface area contributed by atoms with Gasteiger partial charge in [0.2, 0.25) is 0 Å². The third kappa shape index (κ3) is 2.71. The summed E-state index contributed by atoms with van der Waals surface area (Å²) in [7, 11) is 0. The summed E-state index contributed by atoms with van der Waals surface area (Å²) >= 11 is 0. The lowest BCUT2D eigenvalue weighted by molar-refractivity contribution is -0.165. The van der Waals surface area contributed by atoms with Crippen molar-refractivity contribution in [2.75, 3.05) is 13.2 Å². The quantitative estimate of drug-likeness (QED) is 0.692. The average molecular weight is 198 g/mol. The van der Waals surface area contributed by atoms with Gasteiger partial charge in [0.05, 0.1) is 12.2 Å². The Hall–Kier alpha value is -0.560. The van der Waals surface area contributed by atoms with Crippen LogP contribution >= 0.6 is 0 Å². The summed E-state index contributed by atoms with van der Waals surface area (Å²) in [5.74, 6) is 2.04. The second-order valence-corrected chi connectivity index (χ2v) is 4.15. The molecule has 1 fully saturated rings. The Morgan fingerprint density at radius 1 is 1.43 bits per heavy atom. The Labute approximate surface area is 85.4 Å². The summed E-state index contributed by atoms with van der Waals surface area (Å²) in [5, 5.41) is 8.97. The molecule has 3 heteroatoms. The zero-order valence-electron chi connectivity index (χ0n) is 8.88. The fourth-order valence-corrected chi connectivity index (χ4v) is 1.76. The van der Waals surface area contributed by atoms with Crippen LogP contribution in [0.3, 0.4) is 0 Å². The highest BCUT2D eigenvalue weighted by Crippen LogP contribution is 2.36. The van der Waals surface area contributed by atoms with Crippen molar-refractivity contribution < 1.29 is 14.6 Å². The standard InChI is InChI=1S/C11H18O3/c1-4-5-6-11(7-8-12)9-13-10(2,3)14-11/h1,12H,5-9H2,2-3H3. The lowest BCUT2D eigenvalue weighted by Crippen LogP contribution is -2.35. The molecule has 1 unspecified atom stereocenters. The van der Waals surface area contributed by atoms with E-state index in [9.17, 15) is 0 Å². The summed E-state index contributed by atoms with van der Waals surface area (Å²) in [5.41, 5.74) is -0.384. The molecule has 1 aliphatic rings. The van der Waals surface area contributed by atoms with Gasteiger partial charge in [0.1, 0.15) is 0 Å². The first-order valence-electron chi connectivity index (χ1n) is 4.92. The van der Waals surface area contributed by atoms with E-state index in [0.29, 0.717) is 19.4 Å². The molecule has 0 saturated carbocycles. The van der Waals surface area contributed by atoms with Crippen LogP contribution in [0.5, 0.6) is 0 Å². The van der Waals surface area contributed by atoms with E-state index in [1.165, 1.54) is 0 Å². The molecule has 1 heterocycles. The summed E-state index contributed by atoms with van der Waals surface area (Å²) in [4.78, 5) is 0. The summed E-state index contributed by atoms with van der Waals surface area (Å²) in [6.45, 7) is 4.37. The highest BCUT2D eigenvalue weighted by molar-refractivity contribution is 4.93. The second kappa shape index (κ2) is 4.31. The van der Waals surface area contributed by atoms with Crippen molar-refractivity contribution in [3.8, 4) is 12.3 Å². The Bertz CT molecular complexity index is 229. The average Bonchev–Trinajstić information content (AvgIpc) is 2.40. The van der Waals surface area contributed by atoms with Crippen LogP contribution in [0.2, 0.25) is 0 Å². The van der Waals surface area contributed by atoms with Gasteiger partial charge in [-0.2, -0.15) is 0 Å². The molecule has 3 nitrogen and oxygen atoms in total. The lowest BCUT2D eigenvalue weighted by Gasteiger charge is -2.27. The van der Waals surface area contributed by atoms with Crippen molar-refractivity contribution in [3.05, 3.63) is 0 Å². The largest absolute Gasteiger partial charge is 0.396 e. The van der Waals surface area contributed by atoms with Crippen LogP contribution in [0.1, 0.15) is 33.1 Å². The van der Waals surface area contributed by atoms with Crippen molar-refractivity contribution in [3.63, 3.8) is 0 Å². The van der Waals surface area contributed by atoms with E-state index in [0.717, 1.165) is 6.42 Å². The van der Waals surface area contributed by atoms with Crippen LogP contribution < -0.4 is 0 Å². The van der Waals surface area contributed by atoms with Crippen molar-refractivity contribution >= 4 is 0 Å². The predicted octanol–water partition coefficient (Wildman–Crippen LogP) is 1.30. The smallest absolute Gasteiger partial charge is 0.163 e. The fraction of sp³-hybridized carbons (Fsp3) is 0.818. The molecule has 1 rings (SSSR count). The van der Waals surface area contributed by atoms with Crippen LogP contribution in [-0.2, 0) is 9.47 Å². The second-order valence-electron chi connectivity index (χ2n) is 4.15. The number of aliphatic hydroxyl groups excluding tert-OH is 1. The first-order valence-corrected chi connectivity index (χ1v) is 4.92. The molecule has 0 aromatic rings. The number of hydrogen-bond donors (Lipinski definition) is 1. The Morgan fingerprint density at radius 2 is 2.14 bits per heavy atom. The number of hydrogen-bond acceptors (Lipinski definition) is 3. The molecule has 0 aromatic heterocycles. The normalized spacial score (nSPS) is 30.1. The molecule has 0 amide bonds. The van der Waals surface area contributed by atoms with Gasteiger partial charge in [0.25, 0.3) is 0 Å². The zero-order chi connectivity index (χ0) is 10.7. The van der Waals surface area contributed by atoms with E-state index in [1.54, 1.807) is 0 Å². The van der Waals surface area contributed by atoms with E-state index >= 15 is 0 Å². The van der Waals surface area contributed by atoms with Gasteiger partial charge in [-0.05, 0) is 20.3 Å². The Morgan fingerprint density at radius 3 is 2.57 bits per heavy atom. The predicted molar refractivity (Wildman–Crippen MR) is 53.6 cm³/mol. The van der Waals surface area contributed by atoms with E-state index in [1.807, 2.05) is 13.8 Å². The maximum atomic E-state index is 8.97. The van der Waals surface area contributed by atoms with Gasteiger partial charge in [-0.25, -0.2) is 0 Å². The fourth-order valence-electron chi connectivity index (χ4n) is 1.76. The topological polar surface area (TPSA) is 38.7 Å². The minimum absolute atomic E-state index is 0.101. The highest BCUT2D eigenvalue weighted by Gasteiger charge is 2.44. The van der Waals surface area contributed by atoms with E-state index in [2.05, 4.69) is 5.92 Å². The molecule has 0 aliphatic carbocycles. The molecular weight excluding hydrogens is 180 g/mol. The van der Waals surface area contributed by atoms with Gasteiger partial charge in [-0.15, -0.1) is 12.3 Å². The number of rotatable bonds is 4.